The number of amides is 2. The molecule has 0 spiro atoms. The van der Waals surface area contributed by atoms with Crippen molar-refractivity contribution in [2.24, 2.45) is 7.05 Å². The number of anilines is 2. The lowest BCUT2D eigenvalue weighted by molar-refractivity contribution is 0.249. The molecule has 7 heteroatoms. The van der Waals surface area contributed by atoms with Gasteiger partial charge in [-0.1, -0.05) is 19.1 Å². The van der Waals surface area contributed by atoms with Gasteiger partial charge in [0.1, 0.15) is 5.82 Å². The molecular formula is C17H22FN5O. The molecule has 24 heavy (non-hydrogen) atoms. The van der Waals surface area contributed by atoms with Crippen LogP contribution in [0.5, 0.6) is 0 Å². The van der Waals surface area contributed by atoms with E-state index in [0.717, 1.165) is 30.8 Å². The van der Waals surface area contributed by atoms with E-state index >= 15 is 0 Å². The van der Waals surface area contributed by atoms with Gasteiger partial charge in [0.25, 0.3) is 0 Å². The molecule has 0 saturated carbocycles. The Morgan fingerprint density at radius 1 is 1.42 bits per heavy atom. The standard InChI is InChI=1S/C17H22FN5O/c1-3-14-15(11-22(2)21-14)20-17(24)19-12-8-9-23(10-12)16-7-5-4-6-13(16)18/h4-7,11-12H,3,8-10H2,1-2H3,(H2,19,20,24)/t12-/m1/s1. The average molecular weight is 331 g/mol. The van der Waals surface area contributed by atoms with E-state index in [1.807, 2.05) is 24.9 Å². The maximum Gasteiger partial charge on any atom is 0.319 e. The van der Waals surface area contributed by atoms with Crippen LogP contribution in [0.15, 0.2) is 30.5 Å². The Kier molecular flexibility index (Phi) is 4.69. The molecule has 128 valence electrons. The van der Waals surface area contributed by atoms with E-state index in [1.54, 1.807) is 23.0 Å². The van der Waals surface area contributed by atoms with Gasteiger partial charge in [0.2, 0.25) is 0 Å². The highest BCUT2D eigenvalue weighted by Gasteiger charge is 2.25. The van der Waals surface area contributed by atoms with Crippen molar-refractivity contribution < 1.29 is 9.18 Å². The van der Waals surface area contributed by atoms with Crippen LogP contribution in [-0.2, 0) is 13.5 Å². The van der Waals surface area contributed by atoms with Crippen LogP contribution in [0.2, 0.25) is 0 Å². The van der Waals surface area contributed by atoms with Crippen LogP contribution in [0.1, 0.15) is 19.0 Å². The number of carbonyl (C=O) groups excluding carboxylic acids is 1. The lowest BCUT2D eigenvalue weighted by Gasteiger charge is -2.19. The number of nitrogens with zero attached hydrogens (tertiary/aromatic N) is 3. The number of halogens is 1. The monoisotopic (exact) mass is 331 g/mol. The molecule has 0 bridgehead atoms. The van der Waals surface area contributed by atoms with Crippen LogP contribution < -0.4 is 15.5 Å². The van der Waals surface area contributed by atoms with E-state index in [2.05, 4.69) is 15.7 Å². The highest BCUT2D eigenvalue weighted by atomic mass is 19.1. The average Bonchev–Trinajstić information content (AvgIpc) is 3.14. The Morgan fingerprint density at radius 3 is 2.96 bits per heavy atom. The van der Waals surface area contributed by atoms with Gasteiger partial charge < -0.3 is 15.5 Å². The quantitative estimate of drug-likeness (QED) is 0.905. The number of para-hydroxylation sites is 1. The van der Waals surface area contributed by atoms with E-state index in [0.29, 0.717) is 12.2 Å². The lowest BCUT2D eigenvalue weighted by atomic mass is 10.2. The third kappa shape index (κ3) is 3.50. The smallest absolute Gasteiger partial charge is 0.319 e. The summed E-state index contributed by atoms with van der Waals surface area (Å²) < 4.78 is 15.5. The van der Waals surface area contributed by atoms with Crippen molar-refractivity contribution in [3.8, 4) is 0 Å². The molecule has 0 aliphatic carbocycles. The molecule has 1 fully saturated rings. The van der Waals surface area contributed by atoms with Crippen molar-refractivity contribution in [3.63, 3.8) is 0 Å². The molecule has 1 aromatic carbocycles. The molecule has 6 nitrogen and oxygen atoms in total. The molecule has 3 rings (SSSR count). The summed E-state index contributed by atoms with van der Waals surface area (Å²) in [5, 5.41) is 10.1. The van der Waals surface area contributed by atoms with E-state index in [4.69, 9.17) is 0 Å². The fraction of sp³-hybridized carbons (Fsp3) is 0.412. The zero-order chi connectivity index (χ0) is 17.1. The van der Waals surface area contributed by atoms with Crippen LogP contribution in [0.4, 0.5) is 20.6 Å². The minimum absolute atomic E-state index is 0.00801. The van der Waals surface area contributed by atoms with Gasteiger partial charge >= 0.3 is 6.03 Å². The molecule has 0 radical (unpaired) electrons. The first-order chi connectivity index (χ1) is 11.6. The van der Waals surface area contributed by atoms with E-state index in [1.165, 1.54) is 6.07 Å². The highest BCUT2D eigenvalue weighted by molar-refractivity contribution is 5.90. The van der Waals surface area contributed by atoms with Gasteiger partial charge in [-0.3, -0.25) is 4.68 Å². The number of nitrogens with one attached hydrogen (secondary N) is 2. The Balaban J connectivity index is 1.57. The van der Waals surface area contributed by atoms with Gasteiger partial charge in [0.05, 0.1) is 17.1 Å². The number of carbonyl (C=O) groups is 1. The molecule has 1 aromatic heterocycles. The summed E-state index contributed by atoms with van der Waals surface area (Å²) in [5.74, 6) is -0.231. The van der Waals surface area contributed by atoms with E-state index in [-0.39, 0.29) is 17.9 Å². The second-order valence-electron chi connectivity index (χ2n) is 6.00. The fourth-order valence-electron chi connectivity index (χ4n) is 3.05. The Labute approximate surface area is 140 Å². The lowest BCUT2D eigenvalue weighted by Crippen LogP contribution is -2.39. The van der Waals surface area contributed by atoms with Gasteiger partial charge in [0.15, 0.2) is 0 Å². The van der Waals surface area contributed by atoms with Crippen molar-refractivity contribution in [2.45, 2.75) is 25.8 Å². The third-order valence-electron chi connectivity index (χ3n) is 4.20. The summed E-state index contributed by atoms with van der Waals surface area (Å²) in [5.41, 5.74) is 2.16. The molecule has 2 aromatic rings. The fourth-order valence-corrected chi connectivity index (χ4v) is 3.05. The number of hydrogen-bond donors (Lipinski definition) is 2. The molecule has 2 N–H and O–H groups in total. The zero-order valence-corrected chi connectivity index (χ0v) is 13.9. The van der Waals surface area contributed by atoms with Crippen LogP contribution in [0.3, 0.4) is 0 Å². The molecule has 2 heterocycles. The second kappa shape index (κ2) is 6.90. The number of urea groups is 1. The van der Waals surface area contributed by atoms with Crippen LogP contribution in [0, 0.1) is 5.82 Å². The number of aryl methyl sites for hydroxylation is 2. The maximum atomic E-state index is 13.9. The molecule has 1 saturated heterocycles. The van der Waals surface area contributed by atoms with Crippen LogP contribution in [-0.4, -0.2) is 34.9 Å². The first-order valence-corrected chi connectivity index (χ1v) is 8.16. The number of hydrogen-bond acceptors (Lipinski definition) is 3. The Hall–Kier alpha value is -2.57. The Morgan fingerprint density at radius 2 is 2.21 bits per heavy atom. The molecule has 1 aliphatic rings. The van der Waals surface area contributed by atoms with Crippen LogP contribution >= 0.6 is 0 Å². The highest BCUT2D eigenvalue weighted by Crippen LogP contribution is 2.23. The van der Waals surface area contributed by atoms with Gasteiger partial charge in [-0.2, -0.15) is 5.10 Å². The predicted molar refractivity (Wildman–Crippen MR) is 91.8 cm³/mol. The normalized spacial score (nSPS) is 17.1. The largest absolute Gasteiger partial charge is 0.367 e. The molecule has 1 atom stereocenters. The van der Waals surface area contributed by atoms with Crippen LogP contribution in [0.25, 0.3) is 0 Å². The Bertz CT molecular complexity index is 730. The van der Waals surface area contributed by atoms with E-state index < -0.39 is 0 Å². The summed E-state index contributed by atoms with van der Waals surface area (Å²) in [7, 11) is 1.82. The van der Waals surface area contributed by atoms with Crippen molar-refractivity contribution in [2.75, 3.05) is 23.3 Å². The summed E-state index contributed by atoms with van der Waals surface area (Å²) in [4.78, 5) is 14.2. The van der Waals surface area contributed by atoms with Crippen molar-refractivity contribution in [3.05, 3.63) is 42.0 Å². The number of benzene rings is 1. The SMILES string of the molecule is CCc1nn(C)cc1NC(=O)N[C@@H]1CCN(c2ccccc2F)C1. The van der Waals surface area contributed by atoms with Gasteiger partial charge in [-0.05, 0) is 25.0 Å². The third-order valence-corrected chi connectivity index (χ3v) is 4.20. The summed E-state index contributed by atoms with van der Waals surface area (Å²) in [6, 6.07) is 6.46. The predicted octanol–water partition coefficient (Wildman–Crippen LogP) is 2.52. The zero-order valence-electron chi connectivity index (χ0n) is 13.9. The first-order valence-electron chi connectivity index (χ1n) is 8.16. The van der Waals surface area contributed by atoms with Gasteiger partial charge in [-0.15, -0.1) is 0 Å². The molecule has 0 unspecified atom stereocenters. The number of rotatable bonds is 4. The molecule has 2 amide bonds. The van der Waals surface area contributed by atoms with Crippen molar-refractivity contribution >= 4 is 17.4 Å². The van der Waals surface area contributed by atoms with E-state index in [9.17, 15) is 9.18 Å². The second-order valence-corrected chi connectivity index (χ2v) is 6.00. The number of aromatic nitrogens is 2. The van der Waals surface area contributed by atoms with Gasteiger partial charge in [0, 0.05) is 32.4 Å². The van der Waals surface area contributed by atoms with Crippen molar-refractivity contribution in [1.82, 2.24) is 15.1 Å². The minimum Gasteiger partial charge on any atom is -0.367 e. The molecule has 1 aliphatic heterocycles. The van der Waals surface area contributed by atoms with Gasteiger partial charge in [-0.25, -0.2) is 9.18 Å². The topological polar surface area (TPSA) is 62.2 Å². The summed E-state index contributed by atoms with van der Waals surface area (Å²) in [6.07, 6.45) is 3.33. The summed E-state index contributed by atoms with van der Waals surface area (Å²) in [6.45, 7) is 3.32. The summed E-state index contributed by atoms with van der Waals surface area (Å²) >= 11 is 0. The first kappa shape index (κ1) is 16.3. The minimum atomic E-state index is -0.252. The maximum absolute atomic E-state index is 13.9. The van der Waals surface area contributed by atoms with Crippen molar-refractivity contribution in [1.29, 1.82) is 0 Å². The molecular weight excluding hydrogens is 309 g/mol.